The first-order chi connectivity index (χ1) is 8.27. The highest BCUT2D eigenvalue weighted by atomic mass is 16.5. The van der Waals surface area contributed by atoms with E-state index < -0.39 is 12.2 Å². The van der Waals surface area contributed by atoms with Crippen molar-refractivity contribution in [2.75, 3.05) is 26.2 Å². The van der Waals surface area contributed by atoms with E-state index in [1.807, 2.05) is 0 Å². The van der Waals surface area contributed by atoms with Gasteiger partial charge < -0.3 is 20.5 Å². The fourth-order valence-electron chi connectivity index (χ4n) is 2.56. The molecule has 17 heavy (non-hydrogen) atoms. The van der Waals surface area contributed by atoms with E-state index in [9.17, 15) is 9.90 Å². The van der Waals surface area contributed by atoms with Crippen LogP contribution in [0.5, 0.6) is 0 Å². The van der Waals surface area contributed by atoms with Gasteiger partial charge in [0.15, 0.2) is 0 Å². The van der Waals surface area contributed by atoms with E-state index in [-0.39, 0.29) is 5.91 Å². The first-order valence-corrected chi connectivity index (χ1v) is 6.55. The molecule has 2 rings (SSSR count). The second kappa shape index (κ2) is 6.33. The summed E-state index contributed by atoms with van der Waals surface area (Å²) in [5, 5.41) is 15.8. The molecule has 0 spiro atoms. The second-order valence-electron chi connectivity index (χ2n) is 4.92. The summed E-state index contributed by atoms with van der Waals surface area (Å²) in [6.45, 7) is 2.28. The molecule has 5 nitrogen and oxygen atoms in total. The first-order valence-electron chi connectivity index (χ1n) is 6.55. The van der Waals surface area contributed by atoms with Crippen LogP contribution in [0.25, 0.3) is 0 Å². The minimum absolute atomic E-state index is 0.116. The number of morpholine rings is 1. The minimum Gasteiger partial charge on any atom is -0.391 e. The predicted molar refractivity (Wildman–Crippen MR) is 63.6 cm³/mol. The Balaban J connectivity index is 1.67. The molecule has 1 saturated heterocycles. The van der Waals surface area contributed by atoms with Gasteiger partial charge >= 0.3 is 0 Å². The van der Waals surface area contributed by atoms with Crippen molar-refractivity contribution in [1.82, 2.24) is 10.6 Å². The number of aliphatic hydroxyl groups is 1. The lowest BCUT2D eigenvalue weighted by Gasteiger charge is -2.24. The van der Waals surface area contributed by atoms with Crippen molar-refractivity contribution in [1.29, 1.82) is 0 Å². The van der Waals surface area contributed by atoms with Crippen molar-refractivity contribution in [3.8, 4) is 0 Å². The number of nitrogens with one attached hydrogen (secondary N) is 2. The van der Waals surface area contributed by atoms with E-state index in [1.165, 1.54) is 12.8 Å². The number of carbonyl (C=O) groups excluding carboxylic acids is 1. The molecule has 0 radical (unpaired) electrons. The van der Waals surface area contributed by atoms with Crippen molar-refractivity contribution in [3.63, 3.8) is 0 Å². The molecule has 5 heteroatoms. The number of aliphatic hydroxyl groups excluding tert-OH is 1. The third-order valence-electron chi connectivity index (χ3n) is 3.65. The van der Waals surface area contributed by atoms with Gasteiger partial charge in [0.05, 0.1) is 12.7 Å². The molecule has 0 aromatic heterocycles. The Labute approximate surface area is 102 Å². The summed E-state index contributed by atoms with van der Waals surface area (Å²) < 4.78 is 5.34. The van der Waals surface area contributed by atoms with Crippen LogP contribution < -0.4 is 10.6 Å². The number of hydrogen-bond donors (Lipinski definition) is 3. The smallest absolute Gasteiger partial charge is 0.250 e. The lowest BCUT2D eigenvalue weighted by molar-refractivity contribution is -0.134. The van der Waals surface area contributed by atoms with E-state index in [0.29, 0.717) is 25.6 Å². The van der Waals surface area contributed by atoms with Crippen LogP contribution in [0.1, 0.15) is 25.7 Å². The molecule has 1 aliphatic carbocycles. The fraction of sp³-hybridized carbons (Fsp3) is 0.917. The molecular weight excluding hydrogens is 220 g/mol. The molecule has 1 saturated carbocycles. The highest BCUT2D eigenvalue weighted by molar-refractivity contribution is 5.81. The Morgan fingerprint density at radius 3 is 2.88 bits per heavy atom. The van der Waals surface area contributed by atoms with Gasteiger partial charge in [-0.05, 0) is 18.8 Å². The van der Waals surface area contributed by atoms with E-state index in [0.717, 1.165) is 19.4 Å². The Morgan fingerprint density at radius 2 is 2.24 bits per heavy atom. The molecule has 2 unspecified atom stereocenters. The summed E-state index contributed by atoms with van der Waals surface area (Å²) in [6.07, 6.45) is 3.76. The van der Waals surface area contributed by atoms with Crippen LogP contribution in [-0.4, -0.2) is 49.5 Å². The third-order valence-corrected chi connectivity index (χ3v) is 3.65. The molecule has 0 bridgehead atoms. The third kappa shape index (κ3) is 3.66. The molecule has 0 aromatic rings. The summed E-state index contributed by atoms with van der Waals surface area (Å²) in [7, 11) is 0. The lowest BCUT2D eigenvalue weighted by atomic mass is 10.0. The van der Waals surface area contributed by atoms with E-state index >= 15 is 0 Å². The molecule has 1 aliphatic heterocycles. The Bertz CT molecular complexity index is 248. The predicted octanol–water partition coefficient (Wildman–Crippen LogP) is -0.358. The maximum Gasteiger partial charge on any atom is 0.250 e. The van der Waals surface area contributed by atoms with Crippen LogP contribution in [0.2, 0.25) is 0 Å². The van der Waals surface area contributed by atoms with Crippen molar-refractivity contribution >= 4 is 5.91 Å². The normalized spacial score (nSPS) is 27.9. The summed E-state index contributed by atoms with van der Waals surface area (Å²) in [5.74, 6) is 0.245. The summed E-state index contributed by atoms with van der Waals surface area (Å²) in [4.78, 5) is 11.7. The average Bonchev–Trinajstić information content (AvgIpc) is 2.90. The number of amides is 1. The van der Waals surface area contributed by atoms with Crippen LogP contribution in [0, 0.1) is 5.92 Å². The van der Waals surface area contributed by atoms with Crippen LogP contribution in [0.15, 0.2) is 0 Å². The molecule has 1 heterocycles. The Morgan fingerprint density at radius 1 is 1.47 bits per heavy atom. The zero-order valence-corrected chi connectivity index (χ0v) is 10.2. The van der Waals surface area contributed by atoms with Crippen molar-refractivity contribution < 1.29 is 14.6 Å². The molecule has 2 aliphatic rings. The van der Waals surface area contributed by atoms with Gasteiger partial charge in [-0.25, -0.2) is 0 Å². The molecule has 3 N–H and O–H groups in total. The van der Waals surface area contributed by atoms with E-state index in [1.54, 1.807) is 0 Å². The monoisotopic (exact) mass is 242 g/mol. The van der Waals surface area contributed by atoms with E-state index in [2.05, 4.69) is 10.6 Å². The quantitative estimate of drug-likeness (QED) is 0.630. The van der Waals surface area contributed by atoms with Gasteiger partial charge in [0.1, 0.15) is 6.10 Å². The molecule has 1 amide bonds. The Hall–Kier alpha value is -0.650. The second-order valence-corrected chi connectivity index (χ2v) is 4.92. The molecule has 2 fully saturated rings. The topological polar surface area (TPSA) is 70.6 Å². The highest BCUT2D eigenvalue weighted by Gasteiger charge is 2.26. The fourth-order valence-corrected chi connectivity index (χ4v) is 2.56. The van der Waals surface area contributed by atoms with Crippen molar-refractivity contribution in [2.45, 2.75) is 37.9 Å². The van der Waals surface area contributed by atoms with Gasteiger partial charge in [-0.3, -0.25) is 4.79 Å². The molecule has 98 valence electrons. The molecular formula is C12H22N2O3. The maximum atomic E-state index is 11.7. The molecule has 0 aromatic carbocycles. The first kappa shape index (κ1) is 12.8. The number of hydrogen-bond acceptors (Lipinski definition) is 4. The van der Waals surface area contributed by atoms with Gasteiger partial charge in [0, 0.05) is 19.6 Å². The summed E-state index contributed by atoms with van der Waals surface area (Å²) in [5.41, 5.74) is 0. The van der Waals surface area contributed by atoms with Gasteiger partial charge in [0.2, 0.25) is 0 Å². The summed E-state index contributed by atoms with van der Waals surface area (Å²) >= 11 is 0. The van der Waals surface area contributed by atoms with Gasteiger partial charge in [0.25, 0.3) is 5.91 Å². The number of carbonyl (C=O) groups is 1. The van der Waals surface area contributed by atoms with Crippen molar-refractivity contribution in [2.24, 2.45) is 5.92 Å². The van der Waals surface area contributed by atoms with E-state index in [4.69, 9.17) is 4.74 Å². The molecule has 2 atom stereocenters. The van der Waals surface area contributed by atoms with Gasteiger partial charge in [-0.2, -0.15) is 0 Å². The number of rotatable bonds is 4. The van der Waals surface area contributed by atoms with Crippen LogP contribution in [0.4, 0.5) is 0 Å². The lowest BCUT2D eigenvalue weighted by Crippen LogP contribution is -2.49. The average molecular weight is 242 g/mol. The summed E-state index contributed by atoms with van der Waals surface area (Å²) in [6, 6.07) is 0. The highest BCUT2D eigenvalue weighted by Crippen LogP contribution is 2.27. The zero-order valence-electron chi connectivity index (χ0n) is 10.2. The van der Waals surface area contributed by atoms with Crippen LogP contribution in [-0.2, 0) is 9.53 Å². The number of ether oxygens (including phenoxy) is 1. The van der Waals surface area contributed by atoms with Crippen molar-refractivity contribution in [3.05, 3.63) is 0 Å². The van der Waals surface area contributed by atoms with Gasteiger partial charge in [-0.1, -0.05) is 12.8 Å². The zero-order chi connectivity index (χ0) is 12.1. The standard InChI is InChI=1S/C12H22N2O3/c15-10(9-3-1-2-4-9)7-14-12(16)11-8-13-5-6-17-11/h9-11,13,15H,1-8H2,(H,14,16). The largest absolute Gasteiger partial charge is 0.391 e. The minimum atomic E-state index is -0.405. The maximum absolute atomic E-state index is 11.7. The van der Waals surface area contributed by atoms with Crippen LogP contribution in [0.3, 0.4) is 0 Å². The van der Waals surface area contributed by atoms with Gasteiger partial charge in [-0.15, -0.1) is 0 Å². The SMILES string of the molecule is O=C(NCC(O)C1CCCC1)C1CNCCO1. The Kier molecular flexibility index (Phi) is 4.76. The van der Waals surface area contributed by atoms with Crippen LogP contribution >= 0.6 is 0 Å².